The molecule has 1 saturated heterocycles. The molecular weight excluding hydrogens is 486 g/mol. The van der Waals surface area contributed by atoms with Gasteiger partial charge in [0.15, 0.2) is 0 Å². The van der Waals surface area contributed by atoms with Gasteiger partial charge in [-0.25, -0.2) is 4.79 Å². The number of likely N-dealkylation sites (tertiary alicyclic amines) is 1. The Labute approximate surface area is 201 Å². The van der Waals surface area contributed by atoms with E-state index < -0.39 is 5.60 Å². The highest BCUT2D eigenvalue weighted by Crippen LogP contribution is 2.48. The average Bonchev–Trinajstić information content (AvgIpc) is 3.30. The molecule has 0 unspecified atom stereocenters. The SMILES string of the molecule is CC(C)(C)OC(=O)N1CC[C@@H]2[C@H](CN3C(=O)c4ccccc4C3=O)Nc3ccc(Br)cc3[C@@H]21. The Hall–Kier alpha value is -2.87. The van der Waals surface area contributed by atoms with Crippen LogP contribution in [0.2, 0.25) is 0 Å². The van der Waals surface area contributed by atoms with Crippen LogP contribution in [0.1, 0.15) is 59.5 Å². The van der Waals surface area contributed by atoms with Crippen molar-refractivity contribution in [3.8, 4) is 0 Å². The quantitative estimate of drug-likeness (QED) is 0.583. The van der Waals surface area contributed by atoms with Gasteiger partial charge in [0.25, 0.3) is 11.8 Å². The van der Waals surface area contributed by atoms with Gasteiger partial charge in [-0.15, -0.1) is 0 Å². The topological polar surface area (TPSA) is 79.0 Å². The van der Waals surface area contributed by atoms with E-state index in [9.17, 15) is 14.4 Å². The summed E-state index contributed by atoms with van der Waals surface area (Å²) in [6, 6.07) is 12.5. The maximum absolute atomic E-state index is 13.1. The number of anilines is 1. The predicted molar refractivity (Wildman–Crippen MR) is 127 cm³/mol. The molecule has 0 bridgehead atoms. The average molecular weight is 512 g/mol. The number of fused-ring (bicyclic) bond motifs is 4. The zero-order valence-electron chi connectivity index (χ0n) is 18.8. The van der Waals surface area contributed by atoms with E-state index in [1.54, 1.807) is 29.2 Å². The monoisotopic (exact) mass is 511 g/mol. The van der Waals surface area contributed by atoms with Crippen molar-refractivity contribution in [2.75, 3.05) is 18.4 Å². The van der Waals surface area contributed by atoms with Crippen molar-refractivity contribution in [3.05, 3.63) is 63.6 Å². The number of carbonyl (C=O) groups excluding carboxylic acids is 3. The van der Waals surface area contributed by atoms with Crippen LogP contribution in [0.5, 0.6) is 0 Å². The van der Waals surface area contributed by atoms with Gasteiger partial charge in [-0.1, -0.05) is 28.1 Å². The second-order valence-electron chi connectivity index (χ2n) is 9.82. The molecule has 0 radical (unpaired) electrons. The van der Waals surface area contributed by atoms with Gasteiger partial charge in [-0.3, -0.25) is 14.5 Å². The summed E-state index contributed by atoms with van der Waals surface area (Å²) >= 11 is 3.55. The third-order valence-electron chi connectivity index (χ3n) is 6.52. The largest absolute Gasteiger partial charge is 0.444 e. The van der Waals surface area contributed by atoms with Crippen molar-refractivity contribution in [2.45, 2.75) is 44.9 Å². The van der Waals surface area contributed by atoms with Gasteiger partial charge >= 0.3 is 6.09 Å². The molecule has 1 N–H and O–H groups in total. The molecule has 7 nitrogen and oxygen atoms in total. The number of rotatable bonds is 2. The lowest BCUT2D eigenvalue weighted by molar-refractivity contribution is 0.0193. The third-order valence-corrected chi connectivity index (χ3v) is 7.01. The van der Waals surface area contributed by atoms with Gasteiger partial charge in [0.1, 0.15) is 5.60 Å². The first-order valence-corrected chi connectivity index (χ1v) is 11.9. The van der Waals surface area contributed by atoms with Crippen molar-refractivity contribution in [1.29, 1.82) is 0 Å². The summed E-state index contributed by atoms with van der Waals surface area (Å²) in [5.74, 6) is -0.501. The highest BCUT2D eigenvalue weighted by Gasteiger charge is 2.49. The molecule has 172 valence electrons. The molecule has 3 aliphatic rings. The second-order valence-corrected chi connectivity index (χ2v) is 10.7. The molecule has 3 aliphatic heterocycles. The van der Waals surface area contributed by atoms with E-state index in [-0.39, 0.29) is 42.5 Å². The molecule has 2 aromatic rings. The predicted octanol–water partition coefficient (Wildman–Crippen LogP) is 4.84. The molecule has 5 rings (SSSR count). The number of nitrogens with one attached hydrogen (secondary N) is 1. The van der Waals surface area contributed by atoms with Gasteiger partial charge in [-0.2, -0.15) is 0 Å². The third kappa shape index (κ3) is 3.80. The minimum absolute atomic E-state index is 0.0311. The smallest absolute Gasteiger partial charge is 0.410 e. The summed E-state index contributed by atoms with van der Waals surface area (Å²) in [7, 11) is 0. The van der Waals surface area contributed by atoms with E-state index in [0.29, 0.717) is 17.7 Å². The van der Waals surface area contributed by atoms with Crippen LogP contribution < -0.4 is 5.32 Å². The molecule has 0 aromatic heterocycles. The van der Waals surface area contributed by atoms with E-state index in [0.717, 1.165) is 22.1 Å². The van der Waals surface area contributed by atoms with E-state index in [1.165, 1.54) is 4.90 Å². The van der Waals surface area contributed by atoms with Crippen LogP contribution in [0.3, 0.4) is 0 Å². The summed E-state index contributed by atoms with van der Waals surface area (Å²) in [5.41, 5.74) is 2.21. The lowest BCUT2D eigenvalue weighted by atomic mass is 9.82. The highest BCUT2D eigenvalue weighted by atomic mass is 79.9. The molecule has 3 atom stereocenters. The first-order chi connectivity index (χ1) is 15.6. The number of halogens is 1. The molecule has 1 fully saturated rings. The van der Waals surface area contributed by atoms with E-state index in [1.807, 2.05) is 39.0 Å². The fourth-order valence-corrected chi connectivity index (χ4v) is 5.54. The zero-order chi connectivity index (χ0) is 23.5. The van der Waals surface area contributed by atoms with E-state index in [4.69, 9.17) is 4.74 Å². The zero-order valence-corrected chi connectivity index (χ0v) is 20.4. The summed E-state index contributed by atoms with van der Waals surface area (Å²) < 4.78 is 6.62. The number of benzene rings is 2. The molecule has 3 amide bonds. The van der Waals surface area contributed by atoms with Crippen molar-refractivity contribution in [1.82, 2.24) is 9.80 Å². The number of imide groups is 1. The molecule has 0 saturated carbocycles. The standard InChI is InChI=1S/C25H26BrN3O4/c1-25(2,3)33-24(32)28-11-10-17-20(27-19-9-8-14(26)12-18(19)21(17)28)13-29-22(30)15-6-4-5-7-16(15)23(29)31/h4-9,12,17,20-21,27H,10-11,13H2,1-3H3/t17-,20+,21-/m1/s1. The lowest BCUT2D eigenvalue weighted by Gasteiger charge is -2.41. The Balaban J connectivity index is 1.47. The number of carbonyl (C=O) groups is 3. The van der Waals surface area contributed by atoms with Crippen molar-refractivity contribution in [3.63, 3.8) is 0 Å². The van der Waals surface area contributed by atoms with Crippen LogP contribution in [0, 0.1) is 5.92 Å². The summed E-state index contributed by atoms with van der Waals surface area (Å²) in [6.45, 7) is 6.37. The first kappa shape index (κ1) is 21.9. The van der Waals surface area contributed by atoms with Crippen molar-refractivity contribution >= 4 is 39.5 Å². The van der Waals surface area contributed by atoms with Crippen LogP contribution >= 0.6 is 15.9 Å². The number of hydrogen-bond acceptors (Lipinski definition) is 5. The first-order valence-electron chi connectivity index (χ1n) is 11.1. The maximum atomic E-state index is 13.1. The Bertz CT molecular complexity index is 1120. The molecule has 33 heavy (non-hydrogen) atoms. The molecule has 8 heteroatoms. The van der Waals surface area contributed by atoms with E-state index >= 15 is 0 Å². The Morgan fingerprint density at radius 1 is 1.12 bits per heavy atom. The molecular formula is C25H26BrN3O4. The van der Waals surface area contributed by atoms with Crippen LogP contribution in [-0.4, -0.2) is 52.4 Å². The number of hydrogen-bond donors (Lipinski definition) is 1. The fraction of sp³-hybridized carbons (Fsp3) is 0.400. The maximum Gasteiger partial charge on any atom is 0.410 e. The number of amides is 3. The van der Waals surface area contributed by atoms with Gasteiger partial charge in [0.05, 0.1) is 17.2 Å². The van der Waals surface area contributed by atoms with Crippen LogP contribution in [0.25, 0.3) is 0 Å². The summed E-state index contributed by atoms with van der Waals surface area (Å²) in [5, 5.41) is 3.55. The van der Waals surface area contributed by atoms with Gasteiger partial charge in [-0.05, 0) is 63.1 Å². The minimum Gasteiger partial charge on any atom is -0.444 e. The highest BCUT2D eigenvalue weighted by molar-refractivity contribution is 9.10. The summed E-state index contributed by atoms with van der Waals surface area (Å²) in [6.07, 6.45) is 0.402. The second kappa shape index (κ2) is 7.87. The normalized spacial score (nSPS) is 23.7. The van der Waals surface area contributed by atoms with Gasteiger partial charge in [0, 0.05) is 35.2 Å². The lowest BCUT2D eigenvalue weighted by Crippen LogP contribution is -2.48. The van der Waals surface area contributed by atoms with Crippen LogP contribution in [0.4, 0.5) is 10.5 Å². The van der Waals surface area contributed by atoms with Crippen molar-refractivity contribution < 1.29 is 19.1 Å². The minimum atomic E-state index is -0.595. The van der Waals surface area contributed by atoms with Crippen molar-refractivity contribution in [2.24, 2.45) is 5.92 Å². The number of ether oxygens (including phenoxy) is 1. The van der Waals surface area contributed by atoms with Crippen LogP contribution in [-0.2, 0) is 4.74 Å². The van der Waals surface area contributed by atoms with Gasteiger partial charge in [0.2, 0.25) is 0 Å². The summed E-state index contributed by atoms with van der Waals surface area (Å²) in [4.78, 5) is 42.1. The van der Waals surface area contributed by atoms with Gasteiger partial charge < -0.3 is 15.0 Å². The van der Waals surface area contributed by atoms with E-state index in [2.05, 4.69) is 21.2 Å². The molecule has 2 aromatic carbocycles. The fourth-order valence-electron chi connectivity index (χ4n) is 5.16. The Morgan fingerprint density at radius 3 is 2.42 bits per heavy atom. The Kier molecular flexibility index (Phi) is 5.23. The number of nitrogens with zero attached hydrogens (tertiary/aromatic N) is 2. The molecule has 3 heterocycles. The Morgan fingerprint density at radius 2 is 1.79 bits per heavy atom. The molecule has 0 aliphatic carbocycles. The molecule has 0 spiro atoms. The van der Waals surface area contributed by atoms with Crippen LogP contribution in [0.15, 0.2) is 46.9 Å².